The van der Waals surface area contributed by atoms with Gasteiger partial charge in [-0.05, 0) is 37.3 Å². The van der Waals surface area contributed by atoms with Gasteiger partial charge in [-0.3, -0.25) is 24.2 Å². The van der Waals surface area contributed by atoms with Gasteiger partial charge in [0.2, 0.25) is 0 Å². The first-order valence-electron chi connectivity index (χ1n) is 14.5. The number of pyridine rings is 1. The summed E-state index contributed by atoms with van der Waals surface area (Å²) in [6.07, 6.45) is -0.468. The Labute approximate surface area is 253 Å². The highest BCUT2D eigenvalue weighted by Crippen LogP contribution is 2.36. The van der Waals surface area contributed by atoms with Crippen molar-refractivity contribution in [3.8, 4) is 0 Å². The van der Waals surface area contributed by atoms with Crippen molar-refractivity contribution in [2.24, 2.45) is 0 Å². The van der Waals surface area contributed by atoms with Crippen LogP contribution in [0.3, 0.4) is 0 Å². The Kier molecular flexibility index (Phi) is 9.37. The summed E-state index contributed by atoms with van der Waals surface area (Å²) in [7, 11) is 0. The molecule has 0 bridgehead atoms. The monoisotopic (exact) mass is 609 g/mol. The highest BCUT2D eigenvalue weighted by atomic mass is 16.7. The lowest BCUT2D eigenvalue weighted by Gasteiger charge is -2.44. The van der Waals surface area contributed by atoms with Crippen molar-refractivity contribution in [1.29, 1.82) is 0 Å². The minimum Gasteiger partial charge on any atom is -0.463 e. The summed E-state index contributed by atoms with van der Waals surface area (Å²) in [5.41, 5.74) is 4.76. The van der Waals surface area contributed by atoms with Crippen LogP contribution in [0.15, 0.2) is 30.5 Å². The first kappa shape index (κ1) is 30.9. The molecule has 5 rings (SSSR count). The molecule has 1 fully saturated rings. The molecule has 14 heteroatoms. The molecule has 2 aromatic heterocycles. The molecule has 1 N–H and O–H groups in total. The zero-order chi connectivity index (χ0) is 31.4. The average Bonchev–Trinajstić information content (AvgIpc) is 3.44. The molecule has 0 spiro atoms. The van der Waals surface area contributed by atoms with Gasteiger partial charge in [-0.1, -0.05) is 23.4 Å². The number of hydrogen-bond acceptors (Lipinski definition) is 13. The number of carbonyl (C=O) groups is 4. The molecule has 1 aromatic carbocycles. The molecule has 3 aromatic rings. The van der Waals surface area contributed by atoms with Gasteiger partial charge in [0.05, 0.1) is 18.3 Å². The number of aryl methyl sites for hydroxylation is 1. The standard InChI is InChI=1S/C30H35N5O9/c1-16(36)40-15-25-27(41-17(2)37)28(42-18(3)38)29(43-19(4)39)30(44-25)35-14-20(33-34-35)13-31-26-21-9-5-7-11-23(21)32-24-12-8-6-10-22(24)26/h5,7,9,11,14,25,27-30H,6,8,10,12-13,15H2,1-4H3,(H,31,32)/t25-,27-,28+,29-,30?/m1/s1. The average molecular weight is 610 g/mol. The number of nitrogens with one attached hydrogen (secondary N) is 1. The number of ether oxygens (including phenoxy) is 5. The number of esters is 4. The number of carbonyl (C=O) groups excluding carboxylic acids is 4. The van der Waals surface area contributed by atoms with Crippen molar-refractivity contribution in [2.75, 3.05) is 11.9 Å². The summed E-state index contributed by atoms with van der Waals surface area (Å²) in [5.74, 6) is -2.72. The molecular formula is C30H35N5O9. The maximum absolute atomic E-state index is 12.2. The van der Waals surface area contributed by atoms with E-state index in [1.807, 2.05) is 24.3 Å². The van der Waals surface area contributed by atoms with E-state index in [9.17, 15) is 19.2 Å². The second kappa shape index (κ2) is 13.4. The van der Waals surface area contributed by atoms with Gasteiger partial charge < -0.3 is 29.0 Å². The fourth-order valence-corrected chi connectivity index (χ4v) is 5.69. The van der Waals surface area contributed by atoms with Crippen molar-refractivity contribution >= 4 is 40.5 Å². The maximum atomic E-state index is 12.2. The molecule has 1 aliphatic carbocycles. The van der Waals surface area contributed by atoms with Gasteiger partial charge in [0, 0.05) is 44.5 Å². The van der Waals surface area contributed by atoms with Crippen LogP contribution in [0.2, 0.25) is 0 Å². The fourth-order valence-electron chi connectivity index (χ4n) is 5.69. The summed E-state index contributed by atoms with van der Waals surface area (Å²) < 4.78 is 29.2. The van der Waals surface area contributed by atoms with Crippen LogP contribution >= 0.6 is 0 Å². The molecule has 1 aliphatic heterocycles. The zero-order valence-electron chi connectivity index (χ0n) is 25.0. The quantitative estimate of drug-likeness (QED) is 0.278. The van der Waals surface area contributed by atoms with Gasteiger partial charge in [-0.25, -0.2) is 4.68 Å². The molecule has 3 heterocycles. The van der Waals surface area contributed by atoms with Gasteiger partial charge in [0.1, 0.15) is 18.4 Å². The maximum Gasteiger partial charge on any atom is 0.303 e. The van der Waals surface area contributed by atoms with Crippen LogP contribution in [0.1, 0.15) is 63.7 Å². The summed E-state index contributed by atoms with van der Waals surface area (Å²) in [4.78, 5) is 52.8. The molecule has 1 unspecified atom stereocenters. The molecule has 1 saturated heterocycles. The van der Waals surface area contributed by atoms with Crippen molar-refractivity contribution in [3.63, 3.8) is 0 Å². The van der Waals surface area contributed by atoms with E-state index in [0.717, 1.165) is 48.0 Å². The third-order valence-electron chi connectivity index (χ3n) is 7.40. The predicted molar refractivity (Wildman–Crippen MR) is 153 cm³/mol. The second-order valence-corrected chi connectivity index (χ2v) is 10.8. The predicted octanol–water partition coefficient (Wildman–Crippen LogP) is 2.57. The van der Waals surface area contributed by atoms with Crippen LogP contribution in [0.5, 0.6) is 0 Å². The summed E-state index contributed by atoms with van der Waals surface area (Å²) in [6.45, 7) is 4.71. The highest BCUT2D eigenvalue weighted by Gasteiger charge is 2.53. The Morgan fingerprint density at radius 3 is 2.32 bits per heavy atom. The van der Waals surface area contributed by atoms with E-state index in [1.165, 1.54) is 37.9 Å². The molecule has 44 heavy (non-hydrogen) atoms. The number of nitrogens with zero attached hydrogens (tertiary/aromatic N) is 4. The minimum absolute atomic E-state index is 0.311. The summed E-state index contributed by atoms with van der Waals surface area (Å²) in [5, 5.41) is 13.1. The molecule has 0 amide bonds. The van der Waals surface area contributed by atoms with Gasteiger partial charge in [-0.15, -0.1) is 5.10 Å². The lowest BCUT2D eigenvalue weighted by molar-refractivity contribution is -0.270. The van der Waals surface area contributed by atoms with Gasteiger partial charge in [0.15, 0.2) is 24.5 Å². The second-order valence-electron chi connectivity index (χ2n) is 10.8. The van der Waals surface area contributed by atoms with Crippen molar-refractivity contribution in [1.82, 2.24) is 20.0 Å². The number of rotatable bonds is 9. The first-order chi connectivity index (χ1) is 21.1. The lowest BCUT2D eigenvalue weighted by Crippen LogP contribution is -2.60. The Morgan fingerprint density at radius 2 is 1.59 bits per heavy atom. The Morgan fingerprint density at radius 1 is 0.909 bits per heavy atom. The van der Waals surface area contributed by atoms with E-state index in [4.69, 9.17) is 28.7 Å². The molecule has 14 nitrogen and oxygen atoms in total. The van der Waals surface area contributed by atoms with Crippen LogP contribution in [0.4, 0.5) is 5.69 Å². The van der Waals surface area contributed by atoms with Crippen LogP contribution < -0.4 is 5.32 Å². The zero-order valence-corrected chi connectivity index (χ0v) is 25.0. The smallest absolute Gasteiger partial charge is 0.303 e. The third kappa shape index (κ3) is 6.96. The number of benzene rings is 1. The van der Waals surface area contributed by atoms with Crippen LogP contribution in [0, 0.1) is 0 Å². The fraction of sp³-hybridized carbons (Fsp3) is 0.500. The largest absolute Gasteiger partial charge is 0.463 e. The Bertz CT molecular complexity index is 1560. The van der Waals surface area contributed by atoms with E-state index in [-0.39, 0.29) is 6.61 Å². The molecule has 2 aliphatic rings. The van der Waals surface area contributed by atoms with Gasteiger partial charge >= 0.3 is 23.9 Å². The molecule has 234 valence electrons. The Balaban J connectivity index is 1.45. The van der Waals surface area contributed by atoms with Crippen LogP contribution in [0.25, 0.3) is 10.9 Å². The highest BCUT2D eigenvalue weighted by molar-refractivity contribution is 5.93. The summed E-state index contributed by atoms with van der Waals surface area (Å²) >= 11 is 0. The van der Waals surface area contributed by atoms with Crippen LogP contribution in [-0.2, 0) is 62.2 Å². The summed E-state index contributed by atoms with van der Waals surface area (Å²) in [6, 6.07) is 7.97. The molecular weight excluding hydrogens is 574 g/mol. The van der Waals surface area contributed by atoms with E-state index in [2.05, 4.69) is 15.6 Å². The van der Waals surface area contributed by atoms with Crippen molar-refractivity contribution in [2.45, 2.75) is 90.6 Å². The van der Waals surface area contributed by atoms with Crippen LogP contribution in [-0.4, -0.2) is 74.9 Å². The van der Waals surface area contributed by atoms with E-state index in [1.54, 1.807) is 6.20 Å². The van der Waals surface area contributed by atoms with E-state index < -0.39 is 54.5 Å². The number of para-hydroxylation sites is 1. The van der Waals surface area contributed by atoms with Gasteiger partial charge in [0.25, 0.3) is 0 Å². The molecule has 0 saturated carbocycles. The van der Waals surface area contributed by atoms with Gasteiger partial charge in [-0.2, -0.15) is 0 Å². The van der Waals surface area contributed by atoms with E-state index >= 15 is 0 Å². The lowest BCUT2D eigenvalue weighted by atomic mass is 9.92. The number of aromatic nitrogens is 4. The molecule has 5 atom stereocenters. The normalized spacial score (nSPS) is 22.9. The SMILES string of the molecule is CC(=O)OC[C@H]1OC(n2cc(CNc3c4c(nc5ccccc35)CCCC4)nn2)[C@H](OC(C)=O)[C@@H](OC(C)=O)[C@@H]1OC(C)=O. The molecule has 0 radical (unpaired) electrons. The number of hydrogen-bond donors (Lipinski definition) is 1. The first-order valence-corrected chi connectivity index (χ1v) is 14.5. The third-order valence-corrected chi connectivity index (χ3v) is 7.40. The van der Waals surface area contributed by atoms with E-state index in [0.29, 0.717) is 12.2 Å². The topological polar surface area (TPSA) is 170 Å². The number of fused-ring (bicyclic) bond motifs is 2. The number of anilines is 1. The Hall–Kier alpha value is -4.59. The van der Waals surface area contributed by atoms with Crippen molar-refractivity contribution < 1.29 is 42.9 Å². The van der Waals surface area contributed by atoms with Crippen molar-refractivity contribution in [3.05, 3.63) is 47.4 Å². The minimum atomic E-state index is -1.31.